The quantitative estimate of drug-likeness (QED) is 0.551. The van der Waals surface area contributed by atoms with Gasteiger partial charge >= 0.3 is 0 Å². The maximum atomic E-state index is 13.7. The summed E-state index contributed by atoms with van der Waals surface area (Å²) >= 11 is 3.21. The maximum absolute atomic E-state index is 13.7. The van der Waals surface area contributed by atoms with Crippen molar-refractivity contribution in [1.82, 2.24) is 14.9 Å². The van der Waals surface area contributed by atoms with Crippen LogP contribution in [0.3, 0.4) is 0 Å². The number of fused-ring (bicyclic) bond motifs is 3. The first-order valence-electron chi connectivity index (χ1n) is 10.1. The Morgan fingerprint density at radius 1 is 1.30 bits per heavy atom. The van der Waals surface area contributed by atoms with E-state index in [9.17, 15) is 14.0 Å². The van der Waals surface area contributed by atoms with Gasteiger partial charge in [0.25, 0.3) is 5.56 Å². The van der Waals surface area contributed by atoms with Crippen LogP contribution >= 0.6 is 23.1 Å². The Balaban J connectivity index is 1.31. The molecule has 0 bridgehead atoms. The highest BCUT2D eigenvalue weighted by atomic mass is 32.2. The highest BCUT2D eigenvalue weighted by Crippen LogP contribution is 2.33. The van der Waals surface area contributed by atoms with E-state index in [2.05, 4.69) is 9.97 Å². The first kappa shape index (κ1) is 21.1. The molecule has 30 heavy (non-hydrogen) atoms. The minimum Gasteiger partial charge on any atom is -0.341 e. The Kier molecular flexibility index (Phi) is 6.53. The number of aromatic amines is 1. The highest BCUT2D eigenvalue weighted by Gasteiger charge is 2.19. The molecule has 0 aliphatic heterocycles. The monoisotopic (exact) mass is 445 g/mol. The fourth-order valence-electron chi connectivity index (χ4n) is 3.77. The van der Waals surface area contributed by atoms with Gasteiger partial charge in [-0.05, 0) is 37.3 Å². The van der Waals surface area contributed by atoms with Gasteiger partial charge in [-0.25, -0.2) is 9.37 Å². The third kappa shape index (κ3) is 4.59. The molecule has 158 valence electrons. The Hall–Kier alpha value is -2.19. The number of amides is 1. The maximum Gasteiger partial charge on any atom is 0.259 e. The van der Waals surface area contributed by atoms with Gasteiger partial charge in [-0.15, -0.1) is 11.3 Å². The van der Waals surface area contributed by atoms with E-state index in [1.54, 1.807) is 53.2 Å². The van der Waals surface area contributed by atoms with Gasteiger partial charge in [0, 0.05) is 36.2 Å². The molecule has 0 unspecified atom stereocenters. The summed E-state index contributed by atoms with van der Waals surface area (Å²) in [7, 11) is 1.69. The van der Waals surface area contributed by atoms with Crippen molar-refractivity contribution in [3.8, 4) is 0 Å². The number of rotatable bonds is 7. The minimum atomic E-state index is -0.299. The van der Waals surface area contributed by atoms with Crippen molar-refractivity contribution >= 4 is 39.2 Å². The molecule has 0 atom stereocenters. The molecule has 1 N–H and O–H groups in total. The third-order valence-electron chi connectivity index (χ3n) is 5.36. The lowest BCUT2D eigenvalue weighted by Crippen LogP contribution is -2.26. The lowest BCUT2D eigenvalue weighted by molar-refractivity contribution is -0.129. The molecule has 1 aromatic carbocycles. The molecule has 0 spiro atoms. The lowest BCUT2D eigenvalue weighted by Gasteiger charge is -2.17. The van der Waals surface area contributed by atoms with E-state index < -0.39 is 0 Å². The van der Waals surface area contributed by atoms with Crippen molar-refractivity contribution in [2.24, 2.45) is 0 Å². The number of aryl methyl sites for hydroxylation is 2. The predicted octanol–water partition coefficient (Wildman–Crippen LogP) is 4.28. The smallest absolute Gasteiger partial charge is 0.259 e. The largest absolute Gasteiger partial charge is 0.341 e. The second-order valence-corrected chi connectivity index (χ2v) is 9.74. The van der Waals surface area contributed by atoms with Gasteiger partial charge in [0.05, 0.1) is 11.1 Å². The number of H-pyrrole nitrogens is 1. The van der Waals surface area contributed by atoms with E-state index in [0.717, 1.165) is 29.5 Å². The van der Waals surface area contributed by atoms with Crippen molar-refractivity contribution in [2.75, 3.05) is 12.8 Å². The number of nitrogens with zero attached hydrogens (tertiary/aromatic N) is 2. The molecular formula is C22H24FN3O2S2. The van der Waals surface area contributed by atoms with Gasteiger partial charge in [0.1, 0.15) is 16.5 Å². The lowest BCUT2D eigenvalue weighted by atomic mass is 9.97. The summed E-state index contributed by atoms with van der Waals surface area (Å²) in [4.78, 5) is 36.2. The van der Waals surface area contributed by atoms with Crippen molar-refractivity contribution < 1.29 is 9.18 Å². The molecule has 5 nitrogen and oxygen atoms in total. The highest BCUT2D eigenvalue weighted by molar-refractivity contribution is 7.98. The number of hydrogen-bond acceptors (Lipinski definition) is 5. The number of carbonyl (C=O) groups is 1. The van der Waals surface area contributed by atoms with Crippen LogP contribution < -0.4 is 5.56 Å². The van der Waals surface area contributed by atoms with Gasteiger partial charge in [0.2, 0.25) is 5.91 Å². The average molecular weight is 446 g/mol. The van der Waals surface area contributed by atoms with Gasteiger partial charge in [-0.2, -0.15) is 11.8 Å². The summed E-state index contributed by atoms with van der Waals surface area (Å²) < 4.78 is 13.7. The second kappa shape index (κ2) is 9.31. The number of aromatic nitrogens is 2. The first-order valence-corrected chi connectivity index (χ1v) is 12.1. The summed E-state index contributed by atoms with van der Waals surface area (Å²) in [5.41, 5.74) is 1.66. The summed E-state index contributed by atoms with van der Waals surface area (Å²) in [5, 5.41) is 0.772. The van der Waals surface area contributed by atoms with Crippen molar-refractivity contribution in [2.45, 2.75) is 44.4 Å². The molecule has 8 heteroatoms. The summed E-state index contributed by atoms with van der Waals surface area (Å²) in [6.45, 7) is 0.255. The fourth-order valence-corrected chi connectivity index (χ4v) is 5.84. The van der Waals surface area contributed by atoms with E-state index in [4.69, 9.17) is 0 Å². The van der Waals surface area contributed by atoms with E-state index in [1.807, 2.05) is 0 Å². The summed E-state index contributed by atoms with van der Waals surface area (Å²) in [6.07, 6.45) is 4.68. The minimum absolute atomic E-state index is 0.0337. The molecule has 0 saturated carbocycles. The van der Waals surface area contributed by atoms with Crippen LogP contribution in [0.25, 0.3) is 10.2 Å². The summed E-state index contributed by atoms with van der Waals surface area (Å²) in [6, 6.07) is 6.49. The standard InChI is InChI=1S/C22H24FN3O2S2/c1-26(12-14-6-2-4-8-16(14)23)19(27)10-11-29-13-18-24-21(28)20-15-7-3-5-9-17(15)30-22(20)25-18/h2,4,6,8H,3,5,7,9-13H2,1H3,(H,24,25,28). The van der Waals surface area contributed by atoms with E-state index >= 15 is 0 Å². The molecule has 4 rings (SSSR count). The molecule has 2 aromatic heterocycles. The molecular weight excluding hydrogens is 421 g/mol. The van der Waals surface area contributed by atoms with Crippen LogP contribution in [-0.4, -0.2) is 33.6 Å². The fraction of sp³-hybridized carbons (Fsp3) is 0.409. The van der Waals surface area contributed by atoms with Crippen LogP contribution in [0.5, 0.6) is 0 Å². The topological polar surface area (TPSA) is 66.1 Å². The van der Waals surface area contributed by atoms with Crippen LogP contribution in [0.15, 0.2) is 29.1 Å². The zero-order chi connectivity index (χ0) is 21.1. The molecule has 0 fully saturated rings. The number of nitrogens with one attached hydrogen (secondary N) is 1. The van der Waals surface area contributed by atoms with Crippen LogP contribution in [0.4, 0.5) is 4.39 Å². The number of halogens is 1. The first-order chi connectivity index (χ1) is 14.5. The van der Waals surface area contributed by atoms with Crippen molar-refractivity contribution in [1.29, 1.82) is 0 Å². The SMILES string of the molecule is CN(Cc1ccccc1F)C(=O)CCSCc1nc2sc3c(c2c(=O)[nH]1)CCCC3. The molecule has 3 aromatic rings. The van der Waals surface area contributed by atoms with E-state index in [1.165, 1.54) is 22.9 Å². The molecule has 0 radical (unpaired) electrons. The van der Waals surface area contributed by atoms with Crippen LogP contribution in [0, 0.1) is 5.82 Å². The van der Waals surface area contributed by atoms with Gasteiger partial charge < -0.3 is 9.88 Å². The molecule has 1 aliphatic carbocycles. The third-order valence-corrected chi connectivity index (χ3v) is 7.52. The average Bonchev–Trinajstić information content (AvgIpc) is 3.11. The van der Waals surface area contributed by atoms with E-state index in [-0.39, 0.29) is 23.8 Å². The number of thioether (sulfide) groups is 1. The van der Waals surface area contributed by atoms with E-state index in [0.29, 0.717) is 29.3 Å². The zero-order valence-electron chi connectivity index (χ0n) is 16.9. The van der Waals surface area contributed by atoms with Crippen LogP contribution in [0.2, 0.25) is 0 Å². The molecule has 1 aliphatic rings. The van der Waals surface area contributed by atoms with Crippen LogP contribution in [0.1, 0.15) is 41.1 Å². The van der Waals surface area contributed by atoms with Gasteiger partial charge in [-0.3, -0.25) is 9.59 Å². The Morgan fingerprint density at radius 2 is 2.10 bits per heavy atom. The predicted molar refractivity (Wildman–Crippen MR) is 121 cm³/mol. The van der Waals surface area contributed by atoms with Gasteiger partial charge in [-0.1, -0.05) is 18.2 Å². The number of benzene rings is 1. The molecule has 0 saturated heterocycles. The second-order valence-electron chi connectivity index (χ2n) is 7.55. The Labute approximate surface area is 182 Å². The number of hydrogen-bond donors (Lipinski definition) is 1. The normalized spacial score (nSPS) is 13.4. The Morgan fingerprint density at radius 3 is 2.93 bits per heavy atom. The van der Waals surface area contributed by atoms with Crippen LogP contribution in [-0.2, 0) is 29.9 Å². The van der Waals surface area contributed by atoms with Crippen molar-refractivity contribution in [3.05, 3.63) is 62.3 Å². The molecule has 2 heterocycles. The zero-order valence-corrected chi connectivity index (χ0v) is 18.5. The Bertz CT molecular complexity index is 1130. The van der Waals surface area contributed by atoms with Gasteiger partial charge in [0.15, 0.2) is 0 Å². The molecule has 1 amide bonds. The van der Waals surface area contributed by atoms with Crippen molar-refractivity contribution in [3.63, 3.8) is 0 Å². The summed E-state index contributed by atoms with van der Waals surface area (Å²) in [5.74, 6) is 1.49. The number of carbonyl (C=O) groups excluding carboxylic acids is 1. The number of thiophene rings is 1.